The van der Waals surface area contributed by atoms with Crippen molar-refractivity contribution in [1.29, 1.82) is 0 Å². The Balaban J connectivity index is 2.79. The second-order valence-electron chi connectivity index (χ2n) is 5.60. The maximum Gasteiger partial charge on any atom is 0.0804 e. The third kappa shape index (κ3) is 3.62. The minimum absolute atomic E-state index is 0.0253. The molecule has 2 nitrogen and oxygen atoms in total. The molecule has 0 aromatic heterocycles. The molecule has 2 atom stereocenters. The molecule has 0 aliphatic carbocycles. The van der Waals surface area contributed by atoms with Gasteiger partial charge in [0.15, 0.2) is 0 Å². The fourth-order valence-corrected chi connectivity index (χ4v) is 1.69. The lowest BCUT2D eigenvalue weighted by molar-refractivity contribution is 0.160. The summed E-state index contributed by atoms with van der Waals surface area (Å²) in [6, 6.07) is 8.18. The maximum atomic E-state index is 9.90. The summed E-state index contributed by atoms with van der Waals surface area (Å²) in [5.74, 6) is 0. The van der Waals surface area contributed by atoms with Gasteiger partial charge in [-0.2, -0.15) is 0 Å². The van der Waals surface area contributed by atoms with E-state index in [1.165, 1.54) is 5.56 Å². The molecule has 90 valence electrons. The van der Waals surface area contributed by atoms with Gasteiger partial charge >= 0.3 is 0 Å². The van der Waals surface area contributed by atoms with E-state index in [2.05, 4.69) is 32.9 Å². The maximum absolute atomic E-state index is 9.90. The van der Waals surface area contributed by atoms with Crippen LogP contribution in [-0.2, 0) is 5.41 Å². The van der Waals surface area contributed by atoms with E-state index >= 15 is 0 Å². The number of benzene rings is 1. The Morgan fingerprint density at radius 1 is 1.19 bits per heavy atom. The van der Waals surface area contributed by atoms with Crippen molar-refractivity contribution in [2.45, 2.75) is 51.7 Å². The van der Waals surface area contributed by atoms with Crippen LogP contribution in [0.5, 0.6) is 0 Å². The van der Waals surface area contributed by atoms with Gasteiger partial charge in [-0.05, 0) is 29.9 Å². The van der Waals surface area contributed by atoms with E-state index in [9.17, 15) is 5.11 Å². The molecule has 0 spiro atoms. The molecule has 0 saturated carbocycles. The first-order valence-corrected chi connectivity index (χ1v) is 5.85. The predicted molar refractivity (Wildman–Crippen MR) is 68.4 cm³/mol. The lowest BCUT2D eigenvalue weighted by atomic mass is 9.86. The number of hydrogen-bond acceptors (Lipinski definition) is 2. The molecule has 0 saturated heterocycles. The van der Waals surface area contributed by atoms with E-state index in [1.54, 1.807) is 0 Å². The Kier molecular flexibility index (Phi) is 4.11. The van der Waals surface area contributed by atoms with E-state index in [1.807, 2.05) is 19.1 Å². The summed E-state index contributed by atoms with van der Waals surface area (Å²) >= 11 is 0. The molecule has 1 rings (SSSR count). The molecule has 16 heavy (non-hydrogen) atoms. The molecule has 2 heteroatoms. The summed E-state index contributed by atoms with van der Waals surface area (Å²) in [6.45, 7) is 8.45. The number of hydrogen-bond donors (Lipinski definition) is 2. The molecular weight excluding hydrogens is 198 g/mol. The summed E-state index contributed by atoms with van der Waals surface area (Å²) in [4.78, 5) is 0. The summed E-state index contributed by atoms with van der Waals surface area (Å²) in [5.41, 5.74) is 8.06. The van der Waals surface area contributed by atoms with Crippen LogP contribution in [0, 0.1) is 0 Å². The average molecular weight is 221 g/mol. The van der Waals surface area contributed by atoms with Crippen LogP contribution in [0.3, 0.4) is 0 Å². The molecule has 0 fully saturated rings. The lowest BCUT2D eigenvalue weighted by Crippen LogP contribution is -2.18. The smallest absolute Gasteiger partial charge is 0.0804 e. The molecule has 1 aromatic carbocycles. The third-order valence-electron chi connectivity index (χ3n) is 2.76. The second kappa shape index (κ2) is 4.98. The van der Waals surface area contributed by atoms with Crippen molar-refractivity contribution in [3.63, 3.8) is 0 Å². The van der Waals surface area contributed by atoms with Gasteiger partial charge < -0.3 is 10.8 Å². The van der Waals surface area contributed by atoms with Crippen LogP contribution < -0.4 is 5.73 Å². The first kappa shape index (κ1) is 13.2. The van der Waals surface area contributed by atoms with Crippen LogP contribution in [0.2, 0.25) is 0 Å². The number of nitrogens with two attached hydrogens (primary N) is 1. The van der Waals surface area contributed by atoms with Gasteiger partial charge in [-0.15, -0.1) is 0 Å². The fraction of sp³-hybridized carbons (Fsp3) is 0.571. The van der Waals surface area contributed by atoms with E-state index in [0.717, 1.165) is 5.56 Å². The van der Waals surface area contributed by atoms with Gasteiger partial charge in [-0.25, -0.2) is 0 Å². The van der Waals surface area contributed by atoms with Gasteiger partial charge in [0.1, 0.15) is 0 Å². The van der Waals surface area contributed by atoms with Gasteiger partial charge in [0, 0.05) is 6.04 Å². The average Bonchev–Trinajstić information content (AvgIpc) is 2.15. The normalized spacial score (nSPS) is 15.9. The van der Waals surface area contributed by atoms with E-state index in [0.29, 0.717) is 6.42 Å². The fourth-order valence-electron chi connectivity index (χ4n) is 1.69. The van der Waals surface area contributed by atoms with Crippen LogP contribution >= 0.6 is 0 Å². The Labute approximate surface area is 98.5 Å². The highest BCUT2D eigenvalue weighted by Crippen LogP contribution is 2.25. The first-order chi connectivity index (χ1) is 7.30. The van der Waals surface area contributed by atoms with Crippen LogP contribution in [0.25, 0.3) is 0 Å². The molecule has 0 heterocycles. The molecule has 2 unspecified atom stereocenters. The molecule has 0 bridgehead atoms. The lowest BCUT2D eigenvalue weighted by Gasteiger charge is -2.20. The third-order valence-corrected chi connectivity index (χ3v) is 2.76. The SMILES string of the molecule is CC(N)CC(O)c1ccc(C(C)(C)C)cc1. The zero-order valence-electron chi connectivity index (χ0n) is 10.7. The minimum atomic E-state index is -0.450. The summed E-state index contributed by atoms with van der Waals surface area (Å²) in [5, 5.41) is 9.90. The van der Waals surface area contributed by atoms with Crippen LogP contribution in [0.1, 0.15) is 51.3 Å². The number of aliphatic hydroxyl groups excluding tert-OH is 1. The Hall–Kier alpha value is -0.860. The number of aliphatic hydroxyl groups is 1. The van der Waals surface area contributed by atoms with Crippen molar-refractivity contribution in [2.24, 2.45) is 5.73 Å². The zero-order chi connectivity index (χ0) is 12.3. The molecule has 0 amide bonds. The van der Waals surface area contributed by atoms with Crippen LogP contribution in [0.15, 0.2) is 24.3 Å². The van der Waals surface area contributed by atoms with Gasteiger partial charge in [-0.3, -0.25) is 0 Å². The Morgan fingerprint density at radius 3 is 2.06 bits per heavy atom. The highest BCUT2D eigenvalue weighted by atomic mass is 16.3. The van der Waals surface area contributed by atoms with E-state index < -0.39 is 6.10 Å². The predicted octanol–water partition coefficient (Wildman–Crippen LogP) is 2.75. The van der Waals surface area contributed by atoms with Crippen molar-refractivity contribution < 1.29 is 5.11 Å². The van der Waals surface area contributed by atoms with Crippen molar-refractivity contribution in [3.8, 4) is 0 Å². The Morgan fingerprint density at radius 2 is 1.69 bits per heavy atom. The quantitative estimate of drug-likeness (QED) is 0.824. The summed E-state index contributed by atoms with van der Waals surface area (Å²) in [7, 11) is 0. The minimum Gasteiger partial charge on any atom is -0.388 e. The molecule has 3 N–H and O–H groups in total. The number of rotatable bonds is 3. The first-order valence-electron chi connectivity index (χ1n) is 5.85. The molecule has 0 aliphatic heterocycles. The summed E-state index contributed by atoms with van der Waals surface area (Å²) in [6.07, 6.45) is 0.156. The van der Waals surface area contributed by atoms with Crippen molar-refractivity contribution in [1.82, 2.24) is 0 Å². The molecule has 0 radical (unpaired) electrons. The van der Waals surface area contributed by atoms with Crippen LogP contribution in [0.4, 0.5) is 0 Å². The zero-order valence-corrected chi connectivity index (χ0v) is 10.7. The van der Waals surface area contributed by atoms with Crippen LogP contribution in [-0.4, -0.2) is 11.1 Å². The monoisotopic (exact) mass is 221 g/mol. The van der Waals surface area contributed by atoms with Crippen molar-refractivity contribution in [2.75, 3.05) is 0 Å². The van der Waals surface area contributed by atoms with Crippen molar-refractivity contribution in [3.05, 3.63) is 35.4 Å². The van der Waals surface area contributed by atoms with Crippen molar-refractivity contribution >= 4 is 0 Å². The molecular formula is C14H23NO. The van der Waals surface area contributed by atoms with Gasteiger partial charge in [-0.1, -0.05) is 45.0 Å². The van der Waals surface area contributed by atoms with Gasteiger partial charge in [0.2, 0.25) is 0 Å². The standard InChI is InChI=1S/C14H23NO/c1-10(15)9-13(16)11-5-7-12(8-6-11)14(2,3)4/h5-8,10,13,16H,9,15H2,1-4H3. The van der Waals surface area contributed by atoms with E-state index in [4.69, 9.17) is 5.73 Å². The highest BCUT2D eigenvalue weighted by molar-refractivity contribution is 5.28. The summed E-state index contributed by atoms with van der Waals surface area (Å²) < 4.78 is 0. The van der Waals surface area contributed by atoms with Gasteiger partial charge in [0.05, 0.1) is 6.10 Å². The molecule has 1 aromatic rings. The largest absolute Gasteiger partial charge is 0.388 e. The Bertz CT molecular complexity index is 322. The highest BCUT2D eigenvalue weighted by Gasteiger charge is 2.15. The van der Waals surface area contributed by atoms with Gasteiger partial charge in [0.25, 0.3) is 0 Å². The molecule has 0 aliphatic rings. The topological polar surface area (TPSA) is 46.2 Å². The second-order valence-corrected chi connectivity index (χ2v) is 5.60. The van der Waals surface area contributed by atoms with E-state index in [-0.39, 0.29) is 11.5 Å².